The van der Waals surface area contributed by atoms with Crippen LogP contribution in [0, 0.1) is 0 Å². The second-order valence-electron chi connectivity index (χ2n) is 3.90. The zero-order chi connectivity index (χ0) is 16.0. The first kappa shape index (κ1) is 18.9. The van der Waals surface area contributed by atoms with Crippen molar-refractivity contribution >= 4 is 16.1 Å². The van der Waals surface area contributed by atoms with Gasteiger partial charge >= 0.3 is 21.3 Å². The molecule has 10 heteroatoms. The fourth-order valence-electron chi connectivity index (χ4n) is 0.896. The minimum Gasteiger partial charge on any atom is -0.460 e. The van der Waals surface area contributed by atoms with Crippen LogP contribution in [-0.2, 0) is 24.4 Å². The summed E-state index contributed by atoms with van der Waals surface area (Å²) in [5, 5.41) is 4.18. The van der Waals surface area contributed by atoms with E-state index in [1.54, 1.807) is 6.92 Å². The molecule has 0 bridgehead atoms. The number of halogens is 2. The number of esters is 1. The van der Waals surface area contributed by atoms with Gasteiger partial charge < -0.3 is 14.6 Å². The summed E-state index contributed by atoms with van der Waals surface area (Å²) >= 11 is 0. The van der Waals surface area contributed by atoms with E-state index in [0.29, 0.717) is 5.57 Å². The van der Waals surface area contributed by atoms with Crippen LogP contribution >= 0.6 is 0 Å². The number of carbonyl (C=O) groups is 1. The predicted octanol–water partition coefficient (Wildman–Crippen LogP) is 0.702. The maximum absolute atomic E-state index is 12.7. The van der Waals surface area contributed by atoms with Gasteiger partial charge in [0.1, 0.15) is 0 Å². The Morgan fingerprint density at radius 1 is 1.35 bits per heavy atom. The average Bonchev–Trinajstić information content (AvgIpc) is 2.31. The molecule has 0 radical (unpaired) electrons. The summed E-state index contributed by atoms with van der Waals surface area (Å²) in [7, 11) is -5.85. The van der Waals surface area contributed by atoms with Gasteiger partial charge in [-0.15, -0.1) is 0 Å². The molecule has 0 saturated heterocycles. The Morgan fingerprint density at radius 3 is 2.30 bits per heavy atom. The molecule has 118 valence electrons. The van der Waals surface area contributed by atoms with E-state index in [0.717, 1.165) is 0 Å². The van der Waals surface area contributed by atoms with Gasteiger partial charge in [0.05, 0.1) is 13.2 Å². The van der Waals surface area contributed by atoms with Gasteiger partial charge in [0.2, 0.25) is 0 Å². The molecule has 0 rings (SSSR count). The summed E-state index contributed by atoms with van der Waals surface area (Å²) in [6.45, 7) is 4.57. The normalized spacial score (nSPS) is 13.8. The topological polar surface area (TPSA) is 110 Å². The average molecular weight is 318 g/mol. The third-order valence-corrected chi connectivity index (χ3v) is 2.85. The summed E-state index contributed by atoms with van der Waals surface area (Å²) < 4.78 is 62.9. The quantitative estimate of drug-likeness (QED) is 0.212. The molecule has 1 atom stereocenters. The second-order valence-corrected chi connectivity index (χ2v) is 5.37. The molecule has 1 unspecified atom stereocenters. The Balaban J connectivity index is 3.93. The summed E-state index contributed by atoms with van der Waals surface area (Å²) in [6, 6.07) is 0. The number of hydrogen-bond donors (Lipinski definition) is 2. The molecule has 0 aliphatic heterocycles. The van der Waals surface area contributed by atoms with Crippen molar-refractivity contribution in [3.63, 3.8) is 0 Å². The molecule has 0 heterocycles. The zero-order valence-electron chi connectivity index (χ0n) is 10.7. The van der Waals surface area contributed by atoms with E-state index in [2.05, 4.69) is 11.3 Å². The number of aliphatic hydroxyl groups excluding tert-OH is 1. The van der Waals surface area contributed by atoms with Gasteiger partial charge in [-0.1, -0.05) is 6.58 Å². The highest BCUT2D eigenvalue weighted by atomic mass is 32.2. The maximum atomic E-state index is 12.7. The van der Waals surface area contributed by atoms with Crippen molar-refractivity contribution in [1.29, 1.82) is 0 Å². The van der Waals surface area contributed by atoms with Gasteiger partial charge in [-0.2, -0.15) is 17.2 Å². The van der Waals surface area contributed by atoms with Crippen LogP contribution < -0.4 is 0 Å². The molecule has 20 heavy (non-hydrogen) atoms. The van der Waals surface area contributed by atoms with Crippen molar-refractivity contribution in [2.75, 3.05) is 13.2 Å². The first-order valence-electron chi connectivity index (χ1n) is 5.47. The van der Waals surface area contributed by atoms with Crippen molar-refractivity contribution in [1.82, 2.24) is 0 Å². The first-order valence-corrected chi connectivity index (χ1v) is 6.91. The highest BCUT2D eigenvalue weighted by molar-refractivity contribution is 7.87. The molecule has 0 aromatic carbocycles. The Morgan fingerprint density at radius 2 is 1.85 bits per heavy atom. The van der Waals surface area contributed by atoms with Crippen LogP contribution in [0.3, 0.4) is 0 Å². The summed E-state index contributed by atoms with van der Waals surface area (Å²) in [6.07, 6.45) is -0.757. The molecule has 0 aromatic heterocycles. The SMILES string of the molecule is C=C(C)C(O)OCCCCOC(=O)C(F)(F)S(=O)(=O)O. The fraction of sp³-hybridized carbons (Fsp3) is 0.700. The molecule has 0 aliphatic rings. The molecule has 0 aliphatic carbocycles. The minimum atomic E-state index is -5.85. The Bertz CT molecular complexity index is 447. The number of aliphatic hydroxyl groups is 1. The minimum absolute atomic E-state index is 0.0697. The van der Waals surface area contributed by atoms with Crippen LogP contribution in [-0.4, -0.2) is 48.8 Å². The molecule has 0 spiro atoms. The maximum Gasteiger partial charge on any atom is 0.465 e. The van der Waals surface area contributed by atoms with Gasteiger partial charge in [-0.3, -0.25) is 4.55 Å². The number of carbonyl (C=O) groups excluding carboxylic acids is 1. The lowest BCUT2D eigenvalue weighted by atomic mass is 10.3. The monoisotopic (exact) mass is 318 g/mol. The standard InChI is InChI=1S/C10H16F2O7S/c1-7(2)8(13)18-5-3-4-6-19-9(14)10(11,12)20(15,16)17/h8,13H,1,3-6H2,2H3,(H,15,16,17). The van der Waals surface area contributed by atoms with E-state index in [1.807, 2.05) is 0 Å². The van der Waals surface area contributed by atoms with Crippen LogP contribution in [0.4, 0.5) is 8.78 Å². The van der Waals surface area contributed by atoms with Crippen molar-refractivity contribution in [3.8, 4) is 0 Å². The van der Waals surface area contributed by atoms with Crippen LogP contribution in [0.2, 0.25) is 0 Å². The molecule has 0 saturated carbocycles. The molecule has 0 amide bonds. The molecule has 0 fully saturated rings. The number of alkyl halides is 2. The predicted molar refractivity (Wildman–Crippen MR) is 63.5 cm³/mol. The van der Waals surface area contributed by atoms with Crippen molar-refractivity contribution in [3.05, 3.63) is 12.2 Å². The van der Waals surface area contributed by atoms with E-state index >= 15 is 0 Å². The Hall–Kier alpha value is -1.10. The lowest BCUT2D eigenvalue weighted by molar-refractivity contribution is -0.161. The zero-order valence-corrected chi connectivity index (χ0v) is 11.5. The van der Waals surface area contributed by atoms with Crippen molar-refractivity contribution < 1.29 is 41.1 Å². The first-order chi connectivity index (χ1) is 9.00. The van der Waals surface area contributed by atoms with E-state index in [1.165, 1.54) is 0 Å². The summed E-state index contributed by atoms with van der Waals surface area (Å²) in [5.41, 5.74) is 0.393. The summed E-state index contributed by atoms with van der Waals surface area (Å²) in [4.78, 5) is 10.7. The number of hydrogen-bond acceptors (Lipinski definition) is 6. The highest BCUT2D eigenvalue weighted by Gasteiger charge is 2.54. The lowest BCUT2D eigenvalue weighted by Crippen LogP contribution is -2.39. The molecular formula is C10H16F2O7S. The smallest absolute Gasteiger partial charge is 0.460 e. The van der Waals surface area contributed by atoms with Crippen molar-refractivity contribution in [2.24, 2.45) is 0 Å². The van der Waals surface area contributed by atoms with E-state index < -0.39 is 34.2 Å². The molecular weight excluding hydrogens is 302 g/mol. The Kier molecular flexibility index (Phi) is 7.20. The largest absolute Gasteiger partial charge is 0.465 e. The lowest BCUT2D eigenvalue weighted by Gasteiger charge is -2.13. The Labute approximate surface area is 114 Å². The number of unbranched alkanes of at least 4 members (excludes halogenated alkanes) is 1. The van der Waals surface area contributed by atoms with Gasteiger partial charge in [-0.05, 0) is 25.3 Å². The van der Waals surface area contributed by atoms with Crippen molar-refractivity contribution in [2.45, 2.75) is 31.3 Å². The van der Waals surface area contributed by atoms with Crippen LogP contribution in [0.25, 0.3) is 0 Å². The molecule has 2 N–H and O–H groups in total. The van der Waals surface area contributed by atoms with Gasteiger partial charge in [0, 0.05) is 0 Å². The van der Waals surface area contributed by atoms with E-state index in [-0.39, 0.29) is 19.4 Å². The summed E-state index contributed by atoms with van der Waals surface area (Å²) in [5.74, 6) is -2.34. The van der Waals surface area contributed by atoms with E-state index in [9.17, 15) is 22.0 Å². The van der Waals surface area contributed by atoms with Gasteiger partial charge in [0.15, 0.2) is 6.29 Å². The van der Waals surface area contributed by atoms with E-state index in [4.69, 9.17) is 14.4 Å². The van der Waals surface area contributed by atoms with Crippen LogP contribution in [0.5, 0.6) is 0 Å². The van der Waals surface area contributed by atoms with Gasteiger partial charge in [0.25, 0.3) is 0 Å². The van der Waals surface area contributed by atoms with Gasteiger partial charge in [-0.25, -0.2) is 4.79 Å². The second kappa shape index (κ2) is 7.62. The van der Waals surface area contributed by atoms with Crippen LogP contribution in [0.1, 0.15) is 19.8 Å². The highest BCUT2D eigenvalue weighted by Crippen LogP contribution is 2.22. The molecule has 0 aromatic rings. The fourth-order valence-corrected chi connectivity index (χ4v) is 1.17. The third kappa shape index (κ3) is 5.90. The third-order valence-electron chi connectivity index (χ3n) is 2.03. The number of ether oxygens (including phenoxy) is 2. The molecule has 7 nitrogen and oxygen atoms in total. The van der Waals surface area contributed by atoms with Crippen LogP contribution in [0.15, 0.2) is 12.2 Å². The number of rotatable bonds is 9.